The Morgan fingerprint density at radius 3 is 2.41 bits per heavy atom. The van der Waals surface area contributed by atoms with E-state index in [4.69, 9.17) is 17.0 Å². The molecule has 1 aliphatic rings. The van der Waals surface area contributed by atoms with Crippen molar-refractivity contribution in [1.29, 1.82) is 0 Å². The van der Waals surface area contributed by atoms with Crippen molar-refractivity contribution in [3.05, 3.63) is 70.4 Å². The molecule has 1 heterocycles. The maximum atomic E-state index is 12.2. The minimum absolute atomic E-state index is 0.0371. The number of nitrogens with one attached hydrogen (secondary N) is 1. The summed E-state index contributed by atoms with van der Waals surface area (Å²) in [4.78, 5) is 14.1. The predicted octanol–water partition coefficient (Wildman–Crippen LogP) is 4.82. The third kappa shape index (κ3) is 3.74. The van der Waals surface area contributed by atoms with Crippen LogP contribution in [-0.2, 0) is 4.79 Å². The summed E-state index contributed by atoms with van der Waals surface area (Å²) in [5.74, 6) is 1.64. The number of benzene rings is 2. The van der Waals surface area contributed by atoms with Gasteiger partial charge in [-0.25, -0.2) is 0 Å². The van der Waals surface area contributed by atoms with Crippen molar-refractivity contribution in [2.75, 3.05) is 7.05 Å². The first-order chi connectivity index (χ1) is 12.8. The van der Waals surface area contributed by atoms with Crippen molar-refractivity contribution < 1.29 is 9.53 Å². The summed E-state index contributed by atoms with van der Waals surface area (Å²) in [5.41, 5.74) is 4.91. The summed E-state index contributed by atoms with van der Waals surface area (Å²) in [7, 11) is 1.87. The number of allylic oxidation sites excluding steroid dienone is 1. The Morgan fingerprint density at radius 2 is 1.78 bits per heavy atom. The molecule has 0 saturated heterocycles. The molecule has 140 valence electrons. The minimum atomic E-state index is -0.249. The van der Waals surface area contributed by atoms with Crippen LogP contribution in [0.3, 0.4) is 0 Å². The molecular formula is C22H24N2O2S. The SMILES string of the molecule is CC(=O)C1=C(C)N(C)C(=S)NC1c1ccc(Oc2cccc(C)c2C)cc1. The molecule has 0 fully saturated rings. The van der Waals surface area contributed by atoms with Gasteiger partial charge in [0.1, 0.15) is 11.5 Å². The Hall–Kier alpha value is -2.66. The van der Waals surface area contributed by atoms with Gasteiger partial charge in [0.15, 0.2) is 10.9 Å². The maximum absolute atomic E-state index is 12.2. The van der Waals surface area contributed by atoms with Gasteiger partial charge in [0.25, 0.3) is 0 Å². The van der Waals surface area contributed by atoms with E-state index in [2.05, 4.69) is 25.2 Å². The van der Waals surface area contributed by atoms with Crippen molar-refractivity contribution >= 4 is 23.1 Å². The lowest BCUT2D eigenvalue weighted by molar-refractivity contribution is -0.114. The van der Waals surface area contributed by atoms with Crippen molar-refractivity contribution in [2.24, 2.45) is 0 Å². The molecular weight excluding hydrogens is 356 g/mol. The van der Waals surface area contributed by atoms with Gasteiger partial charge in [0, 0.05) is 18.3 Å². The number of hydrogen-bond donors (Lipinski definition) is 1. The highest BCUT2D eigenvalue weighted by Crippen LogP contribution is 2.32. The molecule has 1 atom stereocenters. The van der Waals surface area contributed by atoms with Crippen LogP contribution in [0.15, 0.2) is 53.7 Å². The van der Waals surface area contributed by atoms with E-state index in [1.165, 1.54) is 5.56 Å². The number of thiocarbonyl (C=S) groups is 1. The number of carbonyl (C=O) groups excluding carboxylic acids is 1. The van der Waals surface area contributed by atoms with Crippen LogP contribution in [0.5, 0.6) is 11.5 Å². The summed E-state index contributed by atoms with van der Waals surface area (Å²) >= 11 is 5.41. The second-order valence-corrected chi connectivity index (χ2v) is 7.25. The second kappa shape index (κ2) is 7.53. The van der Waals surface area contributed by atoms with Gasteiger partial charge in [-0.15, -0.1) is 0 Å². The molecule has 2 aromatic carbocycles. The van der Waals surface area contributed by atoms with Crippen LogP contribution >= 0.6 is 12.2 Å². The second-order valence-electron chi connectivity index (χ2n) is 6.87. The normalized spacial score (nSPS) is 17.0. The van der Waals surface area contributed by atoms with Crippen LogP contribution in [0.4, 0.5) is 0 Å². The van der Waals surface area contributed by atoms with Crippen molar-refractivity contribution in [2.45, 2.75) is 33.7 Å². The fourth-order valence-corrected chi connectivity index (χ4v) is 3.49. The molecule has 0 bridgehead atoms. The van der Waals surface area contributed by atoms with Crippen LogP contribution < -0.4 is 10.1 Å². The summed E-state index contributed by atoms with van der Waals surface area (Å²) in [6, 6.07) is 13.6. The molecule has 0 saturated carbocycles. The monoisotopic (exact) mass is 380 g/mol. The van der Waals surface area contributed by atoms with Gasteiger partial charge in [-0.3, -0.25) is 4.79 Å². The number of carbonyl (C=O) groups is 1. The van der Waals surface area contributed by atoms with E-state index in [1.54, 1.807) is 6.92 Å². The Balaban J connectivity index is 1.89. The van der Waals surface area contributed by atoms with Crippen LogP contribution in [-0.4, -0.2) is 22.8 Å². The maximum Gasteiger partial charge on any atom is 0.173 e. The van der Waals surface area contributed by atoms with Gasteiger partial charge in [-0.1, -0.05) is 24.3 Å². The number of nitrogens with zero attached hydrogens (tertiary/aromatic N) is 1. The quantitative estimate of drug-likeness (QED) is 0.770. The predicted molar refractivity (Wildman–Crippen MR) is 112 cm³/mol. The van der Waals surface area contributed by atoms with Crippen LogP contribution in [0.2, 0.25) is 0 Å². The average Bonchev–Trinajstić information content (AvgIpc) is 2.63. The Kier molecular flexibility index (Phi) is 5.33. The Morgan fingerprint density at radius 1 is 1.11 bits per heavy atom. The van der Waals surface area contributed by atoms with E-state index in [1.807, 2.05) is 55.3 Å². The third-order valence-electron chi connectivity index (χ3n) is 5.13. The van der Waals surface area contributed by atoms with E-state index in [9.17, 15) is 4.79 Å². The summed E-state index contributed by atoms with van der Waals surface area (Å²) < 4.78 is 6.03. The molecule has 0 aliphatic carbocycles. The molecule has 1 N–H and O–H groups in total. The molecule has 4 nitrogen and oxygen atoms in total. The lowest BCUT2D eigenvalue weighted by Gasteiger charge is -2.35. The zero-order chi connectivity index (χ0) is 19.7. The topological polar surface area (TPSA) is 41.6 Å². The first-order valence-corrected chi connectivity index (χ1v) is 9.30. The van der Waals surface area contributed by atoms with Crippen LogP contribution in [0.1, 0.15) is 36.6 Å². The summed E-state index contributed by atoms with van der Waals surface area (Å²) in [5, 5.41) is 3.88. The third-order valence-corrected chi connectivity index (χ3v) is 5.52. The first-order valence-electron chi connectivity index (χ1n) is 8.89. The van der Waals surface area contributed by atoms with Gasteiger partial charge >= 0.3 is 0 Å². The van der Waals surface area contributed by atoms with E-state index >= 15 is 0 Å². The highest BCUT2D eigenvalue weighted by atomic mass is 32.1. The zero-order valence-electron chi connectivity index (χ0n) is 16.3. The van der Waals surface area contributed by atoms with E-state index in [-0.39, 0.29) is 11.8 Å². The van der Waals surface area contributed by atoms with Gasteiger partial charge in [-0.05, 0) is 74.8 Å². The van der Waals surface area contributed by atoms with Crippen molar-refractivity contribution in [3.8, 4) is 11.5 Å². The molecule has 3 rings (SSSR count). The van der Waals surface area contributed by atoms with Gasteiger partial charge in [0.05, 0.1) is 6.04 Å². The summed E-state index contributed by atoms with van der Waals surface area (Å²) in [6.07, 6.45) is 0. The highest BCUT2D eigenvalue weighted by Gasteiger charge is 2.30. The Labute approximate surface area is 165 Å². The molecule has 0 amide bonds. The van der Waals surface area contributed by atoms with Crippen molar-refractivity contribution in [3.63, 3.8) is 0 Å². The fraction of sp³-hybridized carbons (Fsp3) is 0.273. The average molecular weight is 381 g/mol. The number of hydrogen-bond acceptors (Lipinski definition) is 3. The molecule has 2 aromatic rings. The highest BCUT2D eigenvalue weighted by molar-refractivity contribution is 7.80. The van der Waals surface area contributed by atoms with E-state index in [0.29, 0.717) is 5.11 Å². The number of rotatable bonds is 4. The van der Waals surface area contributed by atoms with Gasteiger partial charge < -0.3 is 15.0 Å². The molecule has 1 unspecified atom stereocenters. The zero-order valence-corrected chi connectivity index (χ0v) is 17.1. The van der Waals surface area contributed by atoms with E-state index < -0.39 is 0 Å². The number of ketones is 1. The molecule has 1 aliphatic heterocycles. The van der Waals surface area contributed by atoms with Crippen LogP contribution in [0, 0.1) is 13.8 Å². The first kappa shape index (κ1) is 19.1. The fourth-order valence-electron chi connectivity index (χ4n) is 3.23. The van der Waals surface area contributed by atoms with Crippen molar-refractivity contribution in [1.82, 2.24) is 10.2 Å². The number of aryl methyl sites for hydroxylation is 1. The lowest BCUT2D eigenvalue weighted by atomic mass is 9.92. The van der Waals surface area contributed by atoms with E-state index in [0.717, 1.165) is 33.9 Å². The molecule has 0 radical (unpaired) electrons. The standard InChI is InChI=1S/C22H24N2O2S/c1-13-7-6-8-19(14(13)2)26-18-11-9-17(10-12-18)21-20(16(4)25)15(3)24(5)22(27)23-21/h6-12,21H,1-5H3,(H,23,27). The Bertz CT molecular complexity index is 932. The number of ether oxygens (including phenoxy) is 1. The smallest absolute Gasteiger partial charge is 0.173 e. The van der Waals surface area contributed by atoms with Crippen LogP contribution in [0.25, 0.3) is 0 Å². The van der Waals surface area contributed by atoms with Gasteiger partial charge in [-0.2, -0.15) is 0 Å². The minimum Gasteiger partial charge on any atom is -0.457 e. The molecule has 0 aromatic heterocycles. The molecule has 27 heavy (non-hydrogen) atoms. The number of Topliss-reactive ketones (excluding diaryl/α,β-unsaturated/α-hetero) is 1. The lowest BCUT2D eigenvalue weighted by Crippen LogP contribution is -2.45. The molecule has 0 spiro atoms. The summed E-state index contributed by atoms with van der Waals surface area (Å²) in [6.45, 7) is 7.63. The molecule has 5 heteroatoms. The van der Waals surface area contributed by atoms with Gasteiger partial charge in [0.2, 0.25) is 0 Å². The largest absolute Gasteiger partial charge is 0.457 e.